The highest BCUT2D eigenvalue weighted by molar-refractivity contribution is 5.71. The molecule has 0 aromatic carbocycles. The lowest BCUT2D eigenvalue weighted by atomic mass is 10.0. The van der Waals surface area contributed by atoms with Crippen molar-refractivity contribution in [3.63, 3.8) is 0 Å². The van der Waals surface area contributed by atoms with Crippen molar-refractivity contribution in [1.29, 1.82) is 0 Å². The van der Waals surface area contributed by atoms with Crippen LogP contribution in [-0.4, -0.2) is 37.2 Å². The SMILES string of the molecule is CCCCCCC/C=C\C/C=C\C/C=C\CCCCCCCCC(=O)OC(COC(=O)CCCCCCC/C=C\CCCCCCCC)COC(=O)CCCCCCCCCCCCCCCCCCCCCCCCC. The fourth-order valence-electron chi connectivity index (χ4n) is 10.2. The van der Waals surface area contributed by atoms with Gasteiger partial charge >= 0.3 is 17.9 Å². The van der Waals surface area contributed by atoms with E-state index >= 15 is 0 Å². The quantitative estimate of drug-likeness (QED) is 0.0261. The van der Waals surface area contributed by atoms with Gasteiger partial charge in [0, 0.05) is 19.3 Å². The molecule has 0 radical (unpaired) electrons. The van der Waals surface area contributed by atoms with Crippen LogP contribution in [0.3, 0.4) is 0 Å². The summed E-state index contributed by atoms with van der Waals surface area (Å²) in [6, 6.07) is 0. The van der Waals surface area contributed by atoms with Crippen LogP contribution in [0.2, 0.25) is 0 Å². The summed E-state index contributed by atoms with van der Waals surface area (Å²) in [4.78, 5) is 38.4. The molecule has 1 unspecified atom stereocenters. The molecule has 0 heterocycles. The van der Waals surface area contributed by atoms with E-state index in [1.807, 2.05) is 0 Å². The van der Waals surface area contributed by atoms with Crippen LogP contribution in [0.4, 0.5) is 0 Å². The van der Waals surface area contributed by atoms with E-state index in [0.29, 0.717) is 19.3 Å². The first-order valence-electron chi connectivity index (χ1n) is 34.1. The minimum atomic E-state index is -0.783. The predicted octanol–water partition coefficient (Wildman–Crippen LogP) is 23.3. The van der Waals surface area contributed by atoms with Gasteiger partial charge in [-0.15, -0.1) is 0 Å². The van der Waals surface area contributed by atoms with E-state index in [0.717, 1.165) is 83.5 Å². The summed E-state index contributed by atoms with van der Waals surface area (Å²) in [5.74, 6) is -0.875. The number of hydrogen-bond donors (Lipinski definition) is 0. The summed E-state index contributed by atoms with van der Waals surface area (Å²) in [5, 5.41) is 0. The normalized spacial score (nSPS) is 12.3. The molecule has 77 heavy (non-hydrogen) atoms. The molecule has 0 aliphatic heterocycles. The van der Waals surface area contributed by atoms with Crippen molar-refractivity contribution in [1.82, 2.24) is 0 Å². The van der Waals surface area contributed by atoms with Gasteiger partial charge in [0.25, 0.3) is 0 Å². The number of ether oxygens (including phenoxy) is 3. The third-order valence-corrected chi connectivity index (χ3v) is 15.3. The van der Waals surface area contributed by atoms with Gasteiger partial charge in [0.05, 0.1) is 0 Å². The Labute approximate surface area is 479 Å². The summed E-state index contributed by atoms with van der Waals surface area (Å²) >= 11 is 0. The zero-order valence-corrected chi connectivity index (χ0v) is 51.7. The van der Waals surface area contributed by atoms with Gasteiger partial charge in [-0.25, -0.2) is 0 Å². The fraction of sp³-hybridized carbons (Fsp3) is 0.845. The van der Waals surface area contributed by atoms with Crippen LogP contribution >= 0.6 is 0 Å². The maximum Gasteiger partial charge on any atom is 0.306 e. The van der Waals surface area contributed by atoms with E-state index in [2.05, 4.69) is 69.4 Å². The van der Waals surface area contributed by atoms with E-state index in [1.54, 1.807) is 0 Å². The molecule has 0 N–H and O–H groups in total. The highest BCUT2D eigenvalue weighted by atomic mass is 16.6. The zero-order valence-electron chi connectivity index (χ0n) is 51.7. The van der Waals surface area contributed by atoms with E-state index < -0.39 is 6.10 Å². The van der Waals surface area contributed by atoms with Crippen LogP contribution < -0.4 is 0 Å². The lowest BCUT2D eigenvalue weighted by molar-refractivity contribution is -0.167. The van der Waals surface area contributed by atoms with E-state index in [9.17, 15) is 14.4 Å². The Bertz CT molecular complexity index is 1330. The van der Waals surface area contributed by atoms with Crippen molar-refractivity contribution in [2.45, 2.75) is 374 Å². The number of allylic oxidation sites excluding steroid dienone is 8. The lowest BCUT2D eigenvalue weighted by Gasteiger charge is -2.18. The van der Waals surface area contributed by atoms with Gasteiger partial charge in [0.1, 0.15) is 13.2 Å². The molecule has 0 bridgehead atoms. The first-order valence-corrected chi connectivity index (χ1v) is 34.1. The van der Waals surface area contributed by atoms with Crippen molar-refractivity contribution >= 4 is 17.9 Å². The second kappa shape index (κ2) is 65.9. The van der Waals surface area contributed by atoms with Crippen LogP contribution in [0, 0.1) is 0 Å². The Kier molecular flexibility index (Phi) is 63.6. The number of unbranched alkanes of at least 4 members (excludes halogenated alkanes) is 44. The van der Waals surface area contributed by atoms with Crippen LogP contribution in [0.15, 0.2) is 48.6 Å². The van der Waals surface area contributed by atoms with Crippen molar-refractivity contribution in [2.75, 3.05) is 13.2 Å². The van der Waals surface area contributed by atoms with Crippen LogP contribution in [0.25, 0.3) is 0 Å². The van der Waals surface area contributed by atoms with Crippen molar-refractivity contribution in [3.05, 3.63) is 48.6 Å². The topological polar surface area (TPSA) is 78.9 Å². The molecule has 0 saturated carbocycles. The fourth-order valence-corrected chi connectivity index (χ4v) is 10.2. The molecule has 6 nitrogen and oxygen atoms in total. The number of carbonyl (C=O) groups is 3. The lowest BCUT2D eigenvalue weighted by Crippen LogP contribution is -2.30. The summed E-state index contributed by atoms with van der Waals surface area (Å²) in [5.41, 5.74) is 0. The Balaban J connectivity index is 4.33. The van der Waals surface area contributed by atoms with Gasteiger partial charge < -0.3 is 14.2 Å². The Morgan fingerprint density at radius 3 is 0.740 bits per heavy atom. The molecule has 0 rings (SSSR count). The second-order valence-electron chi connectivity index (χ2n) is 23.1. The molecule has 450 valence electrons. The van der Waals surface area contributed by atoms with E-state index in [-0.39, 0.29) is 31.1 Å². The minimum absolute atomic E-state index is 0.0774. The highest BCUT2D eigenvalue weighted by Gasteiger charge is 2.19. The Hall–Kier alpha value is -2.63. The van der Waals surface area contributed by atoms with Gasteiger partial charge in [-0.05, 0) is 83.5 Å². The van der Waals surface area contributed by atoms with E-state index in [1.165, 1.54) is 244 Å². The molecule has 0 saturated heterocycles. The van der Waals surface area contributed by atoms with Crippen molar-refractivity contribution < 1.29 is 28.6 Å². The molecule has 0 spiro atoms. The third kappa shape index (κ3) is 64.1. The monoisotopic (exact) mass is 1080 g/mol. The molecule has 0 amide bonds. The first-order chi connectivity index (χ1) is 38.0. The van der Waals surface area contributed by atoms with Gasteiger partial charge in [0.2, 0.25) is 0 Å². The predicted molar refractivity (Wildman–Crippen MR) is 335 cm³/mol. The largest absolute Gasteiger partial charge is 0.462 e. The van der Waals surface area contributed by atoms with Gasteiger partial charge in [0.15, 0.2) is 6.10 Å². The maximum atomic E-state index is 12.9. The average molecular weight is 1080 g/mol. The smallest absolute Gasteiger partial charge is 0.306 e. The standard InChI is InChI=1S/C71H130O6/c1-4-7-10-13-16-19-22-25-28-30-32-34-35-37-38-40-43-46-49-52-55-58-61-64-70(73)76-67-68(66-75-69(72)63-60-57-54-51-48-45-42-27-24-21-18-15-12-9-6-3)77-71(74)65-62-59-56-53-50-47-44-41-39-36-33-31-29-26-23-20-17-14-11-8-5-2/h23,26-27,31,33,39,41-42,68H,4-22,24-25,28-30,32,34-38,40,43-67H2,1-3H3/b26-23-,33-31-,41-39-,42-27-. The molecule has 6 heteroatoms. The summed E-state index contributed by atoms with van der Waals surface area (Å²) < 4.78 is 17.0. The number of carbonyl (C=O) groups excluding carboxylic acids is 3. The maximum absolute atomic E-state index is 12.9. The zero-order chi connectivity index (χ0) is 55.7. The van der Waals surface area contributed by atoms with Gasteiger partial charge in [-0.2, -0.15) is 0 Å². The van der Waals surface area contributed by atoms with Crippen LogP contribution in [0.1, 0.15) is 367 Å². The third-order valence-electron chi connectivity index (χ3n) is 15.3. The molecule has 0 aromatic rings. The summed E-state index contributed by atoms with van der Waals surface area (Å²) in [6.45, 7) is 6.67. The van der Waals surface area contributed by atoms with Crippen molar-refractivity contribution in [2.24, 2.45) is 0 Å². The first kappa shape index (κ1) is 74.4. The van der Waals surface area contributed by atoms with Gasteiger partial charge in [-0.3, -0.25) is 14.4 Å². The molecular formula is C71H130O6. The molecule has 0 aromatic heterocycles. The number of rotatable bonds is 63. The number of hydrogen-bond acceptors (Lipinski definition) is 6. The van der Waals surface area contributed by atoms with Crippen molar-refractivity contribution in [3.8, 4) is 0 Å². The minimum Gasteiger partial charge on any atom is -0.462 e. The second-order valence-corrected chi connectivity index (χ2v) is 23.1. The number of esters is 3. The Morgan fingerprint density at radius 1 is 0.260 bits per heavy atom. The molecule has 1 atom stereocenters. The molecule has 0 fully saturated rings. The summed E-state index contributed by atoms with van der Waals surface area (Å²) in [6.07, 6.45) is 82.7. The molecular weight excluding hydrogens is 949 g/mol. The molecule has 0 aliphatic rings. The van der Waals surface area contributed by atoms with E-state index in [4.69, 9.17) is 14.2 Å². The van der Waals surface area contributed by atoms with Crippen LogP contribution in [-0.2, 0) is 28.6 Å². The summed E-state index contributed by atoms with van der Waals surface area (Å²) in [7, 11) is 0. The Morgan fingerprint density at radius 2 is 0.468 bits per heavy atom. The average Bonchev–Trinajstić information content (AvgIpc) is 3.43. The van der Waals surface area contributed by atoms with Gasteiger partial charge in [-0.1, -0.05) is 313 Å². The van der Waals surface area contributed by atoms with Crippen LogP contribution in [0.5, 0.6) is 0 Å². The highest BCUT2D eigenvalue weighted by Crippen LogP contribution is 2.18. The molecule has 0 aliphatic carbocycles.